The third kappa shape index (κ3) is 7.30. The van der Waals surface area contributed by atoms with E-state index in [1.54, 1.807) is 18.2 Å². The summed E-state index contributed by atoms with van der Waals surface area (Å²) < 4.78 is 14.9. The molecule has 25 heavy (non-hydrogen) atoms. The van der Waals surface area contributed by atoms with Crippen molar-refractivity contribution in [3.63, 3.8) is 0 Å². The minimum Gasteiger partial charge on any atom is -0.497 e. The lowest BCUT2D eigenvalue weighted by Gasteiger charge is -2.16. The number of amides is 2. The number of aliphatic hydroxyl groups is 1. The number of esters is 1. The Hall–Kier alpha value is -2.48. The highest BCUT2D eigenvalue weighted by Crippen LogP contribution is 2.28. The van der Waals surface area contributed by atoms with Crippen LogP contribution in [-0.4, -0.2) is 51.5 Å². The molecule has 0 aliphatic carbocycles. The summed E-state index contributed by atoms with van der Waals surface area (Å²) in [5, 5.41) is 15.5. The second kappa shape index (κ2) is 11.1. The molecule has 0 aromatic heterocycles. The number of unbranched alkanes of at least 4 members (excludes halogenated alkanes) is 1. The van der Waals surface area contributed by atoms with Gasteiger partial charge in [-0.15, -0.1) is 0 Å². The van der Waals surface area contributed by atoms with Crippen molar-refractivity contribution in [1.82, 2.24) is 10.6 Å². The maximum atomic E-state index is 11.7. The summed E-state index contributed by atoms with van der Waals surface area (Å²) in [5.41, 5.74) is 0.528. The number of ether oxygens (including phenoxy) is 3. The number of urea groups is 1. The first kappa shape index (κ1) is 20.6. The highest BCUT2D eigenvalue weighted by molar-refractivity contribution is 5.73. The molecule has 1 aromatic rings. The SMILES string of the molecule is COC(=O)CCCCNC(=O)NCC(O)c1cc(OC)ccc1OC. The molecule has 140 valence electrons. The normalized spacial score (nSPS) is 11.4. The van der Waals surface area contributed by atoms with Crippen molar-refractivity contribution >= 4 is 12.0 Å². The van der Waals surface area contributed by atoms with E-state index in [-0.39, 0.29) is 18.5 Å². The van der Waals surface area contributed by atoms with Crippen molar-refractivity contribution in [2.24, 2.45) is 0 Å². The van der Waals surface area contributed by atoms with Gasteiger partial charge in [0.05, 0.1) is 21.3 Å². The maximum Gasteiger partial charge on any atom is 0.314 e. The van der Waals surface area contributed by atoms with Crippen molar-refractivity contribution in [3.8, 4) is 11.5 Å². The van der Waals surface area contributed by atoms with Crippen molar-refractivity contribution in [2.75, 3.05) is 34.4 Å². The van der Waals surface area contributed by atoms with Crippen LogP contribution in [0.15, 0.2) is 18.2 Å². The summed E-state index contributed by atoms with van der Waals surface area (Å²) in [4.78, 5) is 22.7. The van der Waals surface area contributed by atoms with Gasteiger partial charge < -0.3 is 30.0 Å². The van der Waals surface area contributed by atoms with Gasteiger partial charge in [-0.25, -0.2) is 4.79 Å². The fourth-order valence-corrected chi connectivity index (χ4v) is 2.16. The van der Waals surface area contributed by atoms with Crippen LogP contribution < -0.4 is 20.1 Å². The standard InChI is InChI=1S/C17H26N2O6/c1-23-12-7-8-15(24-2)13(10-12)14(20)11-19-17(22)18-9-5-4-6-16(21)25-3/h7-8,10,14,20H,4-6,9,11H2,1-3H3,(H2,18,19,22). The summed E-state index contributed by atoms with van der Waals surface area (Å²) in [5.74, 6) is 0.836. The van der Waals surface area contributed by atoms with Gasteiger partial charge in [-0.05, 0) is 31.0 Å². The number of methoxy groups -OCH3 is 3. The molecule has 8 nitrogen and oxygen atoms in total. The smallest absolute Gasteiger partial charge is 0.314 e. The second-order valence-electron chi connectivity index (χ2n) is 5.29. The molecule has 3 N–H and O–H groups in total. The Morgan fingerprint density at radius 3 is 2.52 bits per heavy atom. The average Bonchev–Trinajstić information content (AvgIpc) is 2.64. The molecule has 0 saturated carbocycles. The molecule has 0 bridgehead atoms. The van der Waals surface area contributed by atoms with Crippen molar-refractivity contribution < 1.29 is 28.9 Å². The molecular weight excluding hydrogens is 328 g/mol. The van der Waals surface area contributed by atoms with Gasteiger partial charge in [0.25, 0.3) is 0 Å². The molecule has 1 unspecified atom stereocenters. The van der Waals surface area contributed by atoms with Gasteiger partial charge >= 0.3 is 12.0 Å². The van der Waals surface area contributed by atoms with Crippen LogP contribution in [0.4, 0.5) is 4.79 Å². The number of carbonyl (C=O) groups excluding carboxylic acids is 2. The number of hydrogen-bond donors (Lipinski definition) is 3. The molecule has 1 aromatic carbocycles. The Kier molecular flexibility index (Phi) is 9.16. The van der Waals surface area contributed by atoms with Crippen molar-refractivity contribution in [2.45, 2.75) is 25.4 Å². The van der Waals surface area contributed by atoms with Gasteiger partial charge in [0.1, 0.15) is 17.6 Å². The van der Waals surface area contributed by atoms with Crippen LogP contribution in [0.25, 0.3) is 0 Å². The van der Waals surface area contributed by atoms with Gasteiger partial charge in [-0.1, -0.05) is 0 Å². The quantitative estimate of drug-likeness (QED) is 0.433. The fourth-order valence-electron chi connectivity index (χ4n) is 2.16. The summed E-state index contributed by atoms with van der Waals surface area (Å²) in [7, 11) is 4.38. The molecule has 0 spiro atoms. The Morgan fingerprint density at radius 2 is 1.88 bits per heavy atom. The molecule has 1 atom stereocenters. The van der Waals surface area contributed by atoms with Gasteiger partial charge in [0, 0.05) is 25.1 Å². The lowest BCUT2D eigenvalue weighted by molar-refractivity contribution is -0.140. The van der Waals surface area contributed by atoms with E-state index in [4.69, 9.17) is 9.47 Å². The molecule has 0 aliphatic rings. The van der Waals surface area contributed by atoms with Crippen LogP contribution in [0, 0.1) is 0 Å². The Bertz CT molecular complexity index is 564. The summed E-state index contributed by atoms with van der Waals surface area (Å²) in [6, 6.07) is 4.69. The minimum absolute atomic E-state index is 0.0253. The fraction of sp³-hybridized carbons (Fsp3) is 0.529. The molecule has 0 heterocycles. The zero-order chi connectivity index (χ0) is 18.7. The van der Waals surface area contributed by atoms with Crippen LogP contribution in [0.3, 0.4) is 0 Å². The molecular formula is C17H26N2O6. The Labute approximate surface area is 147 Å². The third-order valence-electron chi connectivity index (χ3n) is 3.57. The molecule has 0 radical (unpaired) electrons. The minimum atomic E-state index is -0.935. The molecule has 2 amide bonds. The van der Waals surface area contributed by atoms with E-state index in [2.05, 4.69) is 15.4 Å². The number of nitrogens with one attached hydrogen (secondary N) is 2. The van der Waals surface area contributed by atoms with Crippen LogP contribution >= 0.6 is 0 Å². The van der Waals surface area contributed by atoms with Gasteiger partial charge in [0.15, 0.2) is 0 Å². The van der Waals surface area contributed by atoms with E-state index < -0.39 is 6.10 Å². The van der Waals surface area contributed by atoms with E-state index in [1.807, 2.05) is 0 Å². The zero-order valence-electron chi connectivity index (χ0n) is 14.8. The molecule has 0 saturated heterocycles. The second-order valence-corrected chi connectivity index (χ2v) is 5.29. The lowest BCUT2D eigenvalue weighted by atomic mass is 10.1. The van der Waals surface area contributed by atoms with Crippen molar-refractivity contribution in [3.05, 3.63) is 23.8 Å². The predicted molar refractivity (Wildman–Crippen MR) is 91.8 cm³/mol. The van der Waals surface area contributed by atoms with Crippen LogP contribution in [0.1, 0.15) is 30.9 Å². The van der Waals surface area contributed by atoms with Gasteiger partial charge in [0.2, 0.25) is 0 Å². The monoisotopic (exact) mass is 354 g/mol. The molecule has 8 heteroatoms. The Balaban J connectivity index is 2.37. The van der Waals surface area contributed by atoms with E-state index in [1.165, 1.54) is 21.3 Å². The van der Waals surface area contributed by atoms with Crippen LogP contribution in [0.5, 0.6) is 11.5 Å². The van der Waals surface area contributed by atoms with E-state index >= 15 is 0 Å². The first-order chi connectivity index (χ1) is 12.0. The van der Waals surface area contributed by atoms with Gasteiger partial charge in [-0.3, -0.25) is 4.79 Å². The first-order valence-corrected chi connectivity index (χ1v) is 8.00. The Morgan fingerprint density at radius 1 is 1.12 bits per heavy atom. The average molecular weight is 354 g/mol. The van der Waals surface area contributed by atoms with E-state index in [9.17, 15) is 14.7 Å². The number of carbonyl (C=O) groups is 2. The third-order valence-corrected chi connectivity index (χ3v) is 3.57. The molecule has 0 aliphatic heterocycles. The van der Waals surface area contributed by atoms with E-state index in [0.717, 1.165) is 0 Å². The highest BCUT2D eigenvalue weighted by Gasteiger charge is 2.15. The largest absolute Gasteiger partial charge is 0.497 e. The van der Waals surface area contributed by atoms with E-state index in [0.29, 0.717) is 42.9 Å². The number of hydrogen-bond acceptors (Lipinski definition) is 6. The zero-order valence-corrected chi connectivity index (χ0v) is 14.8. The first-order valence-electron chi connectivity index (χ1n) is 8.00. The predicted octanol–water partition coefficient (Wildman–Crippen LogP) is 1.38. The highest BCUT2D eigenvalue weighted by atomic mass is 16.5. The number of benzene rings is 1. The van der Waals surface area contributed by atoms with Crippen molar-refractivity contribution in [1.29, 1.82) is 0 Å². The molecule has 0 fully saturated rings. The number of rotatable bonds is 10. The van der Waals surface area contributed by atoms with Gasteiger partial charge in [-0.2, -0.15) is 0 Å². The topological polar surface area (TPSA) is 106 Å². The van der Waals surface area contributed by atoms with Crippen LogP contribution in [0.2, 0.25) is 0 Å². The number of aliphatic hydroxyl groups excluding tert-OH is 1. The summed E-state index contributed by atoms with van der Waals surface area (Å²) in [6.45, 7) is 0.457. The van der Waals surface area contributed by atoms with Crippen LogP contribution in [-0.2, 0) is 9.53 Å². The lowest BCUT2D eigenvalue weighted by Crippen LogP contribution is -2.38. The summed E-state index contributed by atoms with van der Waals surface area (Å²) >= 11 is 0. The molecule has 1 rings (SSSR count). The summed E-state index contributed by atoms with van der Waals surface area (Å²) in [6.07, 6.45) is 0.689. The maximum absolute atomic E-state index is 11.7.